The van der Waals surface area contributed by atoms with Gasteiger partial charge in [0.2, 0.25) is 0 Å². The number of rotatable bonds is 7. The van der Waals surface area contributed by atoms with Crippen molar-refractivity contribution in [2.45, 2.75) is 23.4 Å². The Morgan fingerprint density at radius 1 is 0.631 bits per heavy atom. The Morgan fingerprint density at radius 3 is 1.86 bits per heavy atom. The van der Waals surface area contributed by atoms with E-state index in [4.69, 9.17) is 19.9 Å². The fourth-order valence-electron chi connectivity index (χ4n) is 8.53. The molecule has 0 saturated carbocycles. The molecule has 65 heavy (non-hydrogen) atoms. The monoisotopic (exact) mass is 1120 g/mol. The van der Waals surface area contributed by atoms with Gasteiger partial charge in [-0.2, -0.15) is 13.2 Å². The van der Waals surface area contributed by atoms with Gasteiger partial charge in [0.1, 0.15) is 0 Å². The molecule has 0 saturated heterocycles. The molecule has 6 nitrogen and oxygen atoms in total. The fraction of sp³-hybridized carbons (Fsp3) is 0.0769. The SMILES string of the molecule is [CH3][Ge]([CH3])([CH3])[c]1ccc(-c2ncc3c(n2)sc2c(-c4nc5c(-c6cccc7c6nc(-c6[c-]ccc(C(F)(F)F)c6)n7-c6ccccc6)cccc5n4-c4ccccc4)[c-]ccc23)cc1F.[Pt+2]. The number of benzene rings is 7. The molecule has 4 heterocycles. The van der Waals surface area contributed by atoms with Gasteiger partial charge in [-0.25, -0.2) is 0 Å². The molecule has 13 heteroatoms. The second-order valence-electron chi connectivity index (χ2n) is 16.6. The summed E-state index contributed by atoms with van der Waals surface area (Å²) in [5.74, 6) is 7.74. The molecular formula is C52H34F4GeN6PtS. The van der Waals surface area contributed by atoms with Crippen molar-refractivity contribution in [3.05, 3.63) is 175 Å². The number of halogens is 4. The van der Waals surface area contributed by atoms with Crippen LogP contribution in [0.2, 0.25) is 17.3 Å². The average molecular weight is 1120 g/mol. The molecule has 0 spiro atoms. The van der Waals surface area contributed by atoms with Gasteiger partial charge in [-0.1, -0.05) is 60.7 Å². The average Bonchev–Trinajstić information content (AvgIpc) is 4.00. The zero-order valence-electron chi connectivity index (χ0n) is 34.9. The van der Waals surface area contributed by atoms with E-state index in [1.165, 1.54) is 17.4 Å². The number of thiophene rings is 1. The maximum Gasteiger partial charge on any atom is 2.00 e. The van der Waals surface area contributed by atoms with Crippen molar-refractivity contribution in [1.29, 1.82) is 0 Å². The Balaban J connectivity index is 0.00000498. The van der Waals surface area contributed by atoms with Crippen LogP contribution in [0.4, 0.5) is 17.6 Å². The van der Waals surface area contributed by atoms with Gasteiger partial charge >= 0.3 is 189 Å². The number of para-hydroxylation sites is 4. The van der Waals surface area contributed by atoms with E-state index in [0.717, 1.165) is 70.4 Å². The Kier molecular flexibility index (Phi) is 10.7. The van der Waals surface area contributed by atoms with Crippen LogP contribution in [0.5, 0.6) is 0 Å². The molecule has 320 valence electrons. The molecule has 0 aliphatic heterocycles. The standard InChI is InChI=1S/C52H34F4GeN6S.Pt/c1-57(2,3)42-27-26-31(29-41(42)53)48-58-30-40-38-22-11-23-39(47(38)64-51(40)61-48)50-60-46-37(21-13-25-44(46)63(50)35-18-8-5-9-19-35)36-20-12-24-43-45(36)59-49(62(43)34-16-6-4-7-17-34)32-14-10-15-33(28-32)52(54,55)56;/h4-13,15-22,24-30H,1-3H3;/q-2;+2. The Bertz CT molecular complexity index is 3620. The molecule has 0 aliphatic rings. The molecule has 0 bridgehead atoms. The molecular weight excluding hydrogens is 1080 g/mol. The van der Waals surface area contributed by atoms with E-state index in [2.05, 4.69) is 34.0 Å². The van der Waals surface area contributed by atoms with Crippen molar-refractivity contribution >= 4 is 71.4 Å². The van der Waals surface area contributed by atoms with Gasteiger partial charge in [-0.05, 0) is 42.0 Å². The van der Waals surface area contributed by atoms with Crippen molar-refractivity contribution < 1.29 is 38.6 Å². The summed E-state index contributed by atoms with van der Waals surface area (Å²) >= 11 is -0.900. The summed E-state index contributed by atoms with van der Waals surface area (Å²) in [6.07, 6.45) is -2.73. The van der Waals surface area contributed by atoms with Gasteiger partial charge in [0.25, 0.3) is 0 Å². The van der Waals surface area contributed by atoms with Crippen molar-refractivity contribution in [2.75, 3.05) is 0 Å². The van der Waals surface area contributed by atoms with Crippen LogP contribution in [0.15, 0.2) is 152 Å². The van der Waals surface area contributed by atoms with Crippen LogP contribution in [-0.4, -0.2) is 42.3 Å². The number of imidazole rings is 2. The summed E-state index contributed by atoms with van der Waals surface area (Å²) in [4.78, 5) is 21.0. The van der Waals surface area contributed by atoms with Crippen LogP contribution in [0, 0.1) is 17.9 Å². The predicted molar refractivity (Wildman–Crippen MR) is 252 cm³/mol. The minimum absolute atomic E-state index is 0. The molecule has 0 atom stereocenters. The Labute approximate surface area is 391 Å². The van der Waals surface area contributed by atoms with E-state index >= 15 is 4.39 Å². The second-order valence-corrected chi connectivity index (χ2v) is 28.2. The second kappa shape index (κ2) is 16.3. The first-order valence-electron chi connectivity index (χ1n) is 20.6. The summed E-state index contributed by atoms with van der Waals surface area (Å²) in [7, 11) is 0. The van der Waals surface area contributed by atoms with Gasteiger partial charge in [0.15, 0.2) is 0 Å². The maximum atomic E-state index is 15.4. The smallest absolute Gasteiger partial charge is 2.00 e. The normalized spacial score (nSPS) is 12.1. The minimum Gasteiger partial charge on any atom is 2.00 e. The zero-order chi connectivity index (χ0) is 43.9. The van der Waals surface area contributed by atoms with Crippen molar-refractivity contribution in [3.63, 3.8) is 0 Å². The van der Waals surface area contributed by atoms with Crippen LogP contribution >= 0.6 is 11.3 Å². The van der Waals surface area contributed by atoms with E-state index in [0.29, 0.717) is 39.6 Å². The third kappa shape index (κ3) is 7.39. The molecule has 11 aromatic rings. The van der Waals surface area contributed by atoms with Gasteiger partial charge in [-0.15, -0.1) is 29.8 Å². The molecule has 7 aromatic carbocycles. The van der Waals surface area contributed by atoms with E-state index in [1.807, 2.05) is 132 Å². The Morgan fingerprint density at radius 2 is 1.25 bits per heavy atom. The van der Waals surface area contributed by atoms with Gasteiger partial charge in [-0.3, -0.25) is 4.98 Å². The van der Waals surface area contributed by atoms with E-state index in [9.17, 15) is 13.2 Å². The number of hydrogen-bond donors (Lipinski definition) is 0. The summed E-state index contributed by atoms with van der Waals surface area (Å²) in [6.45, 7) is 0. The molecule has 0 radical (unpaired) electrons. The number of fused-ring (bicyclic) bond motifs is 5. The maximum absolute atomic E-state index is 15.4. The fourth-order valence-corrected chi connectivity index (χ4v) is 12.5. The summed E-state index contributed by atoms with van der Waals surface area (Å²) in [6, 6.07) is 50.5. The third-order valence-electron chi connectivity index (χ3n) is 11.5. The quantitative estimate of drug-likeness (QED) is 0.0906. The topological polar surface area (TPSA) is 61.4 Å². The molecule has 11 rings (SSSR count). The predicted octanol–water partition coefficient (Wildman–Crippen LogP) is 13.5. The number of hydrogen-bond acceptors (Lipinski definition) is 5. The van der Waals surface area contributed by atoms with Crippen LogP contribution in [0.1, 0.15) is 5.56 Å². The molecule has 4 aromatic heterocycles. The number of nitrogens with zero attached hydrogens (tertiary/aromatic N) is 6. The summed E-state index contributed by atoms with van der Waals surface area (Å²) in [5.41, 5.74) is 6.87. The Hall–Kier alpha value is -6.27. The number of alkyl halides is 3. The molecule has 0 N–H and O–H groups in total. The minimum atomic E-state index is -4.54. The summed E-state index contributed by atoms with van der Waals surface area (Å²) in [5, 5.41) is 1.82. The van der Waals surface area contributed by atoms with Crippen LogP contribution < -0.4 is 4.40 Å². The molecule has 0 unspecified atom stereocenters. The first-order valence-corrected chi connectivity index (χ1v) is 28.7. The van der Waals surface area contributed by atoms with E-state index in [-0.39, 0.29) is 32.4 Å². The van der Waals surface area contributed by atoms with Crippen molar-refractivity contribution in [3.8, 4) is 56.7 Å². The molecule has 0 fully saturated rings. The first kappa shape index (κ1) is 42.7. The van der Waals surface area contributed by atoms with Gasteiger partial charge in [0, 0.05) is 22.5 Å². The largest absolute Gasteiger partial charge is 2.00 e. The van der Waals surface area contributed by atoms with Crippen LogP contribution in [0.3, 0.4) is 0 Å². The molecule has 0 amide bonds. The van der Waals surface area contributed by atoms with Crippen molar-refractivity contribution in [2.24, 2.45) is 0 Å². The van der Waals surface area contributed by atoms with E-state index < -0.39 is 25.0 Å². The van der Waals surface area contributed by atoms with Crippen LogP contribution in [-0.2, 0) is 27.2 Å². The van der Waals surface area contributed by atoms with E-state index in [1.54, 1.807) is 6.07 Å². The van der Waals surface area contributed by atoms with Gasteiger partial charge in [0.05, 0.1) is 27.9 Å². The van der Waals surface area contributed by atoms with Gasteiger partial charge < -0.3 is 4.57 Å². The molecule has 0 aliphatic carbocycles. The summed E-state index contributed by atoms with van der Waals surface area (Å²) < 4.78 is 63.2. The van der Waals surface area contributed by atoms with Crippen molar-refractivity contribution in [1.82, 2.24) is 29.1 Å². The van der Waals surface area contributed by atoms with Crippen LogP contribution in [0.25, 0.3) is 99.0 Å². The first-order chi connectivity index (χ1) is 30.9. The number of aromatic nitrogens is 6. The zero-order valence-corrected chi connectivity index (χ0v) is 40.0. The third-order valence-corrected chi connectivity index (χ3v) is 16.9.